The Morgan fingerprint density at radius 2 is 1.42 bits per heavy atom. The van der Waals surface area contributed by atoms with Gasteiger partial charge in [0, 0.05) is 33.8 Å². The minimum atomic E-state index is -0.461. The first kappa shape index (κ1) is 39.6. The molecule has 1 amide bonds. The van der Waals surface area contributed by atoms with Gasteiger partial charge in [0.25, 0.3) is 5.91 Å². The Kier molecular flexibility index (Phi) is 13.3. The van der Waals surface area contributed by atoms with Crippen LogP contribution < -0.4 is 29.6 Å². The predicted octanol–water partition coefficient (Wildman–Crippen LogP) is 6.06. The molecule has 292 valence electrons. The number of oxime groups is 1. The predicted molar refractivity (Wildman–Crippen MR) is 206 cm³/mol. The van der Waals surface area contributed by atoms with Gasteiger partial charge in [-0.2, -0.15) is 0 Å². The number of fused-ring (bicyclic) bond motifs is 1. The van der Waals surface area contributed by atoms with Gasteiger partial charge in [0.1, 0.15) is 11.9 Å². The Labute approximate surface area is 324 Å². The lowest BCUT2D eigenvalue weighted by atomic mass is 9.93. The van der Waals surface area contributed by atoms with E-state index in [0.717, 1.165) is 36.8 Å². The maximum absolute atomic E-state index is 12.7. The average molecular weight is 776 g/mol. The lowest BCUT2D eigenvalue weighted by molar-refractivity contribution is 0.0852. The second kappa shape index (κ2) is 18.5. The third-order valence-corrected chi connectivity index (χ3v) is 9.96. The van der Waals surface area contributed by atoms with Crippen LogP contribution in [0.5, 0.6) is 23.0 Å². The summed E-state index contributed by atoms with van der Waals surface area (Å²) in [5.74, 6) is 1.86. The van der Waals surface area contributed by atoms with Crippen molar-refractivity contribution in [1.29, 1.82) is 0 Å². The van der Waals surface area contributed by atoms with Gasteiger partial charge in [-0.1, -0.05) is 22.8 Å². The molecule has 0 aliphatic carbocycles. The summed E-state index contributed by atoms with van der Waals surface area (Å²) in [6, 6.07) is 17.8. The second-order valence-electron chi connectivity index (χ2n) is 13.2. The molecule has 0 spiro atoms. The Morgan fingerprint density at radius 1 is 0.745 bits per heavy atom. The molecule has 0 aromatic heterocycles. The zero-order chi connectivity index (χ0) is 38.9. The van der Waals surface area contributed by atoms with E-state index < -0.39 is 12.3 Å². The van der Waals surface area contributed by atoms with Gasteiger partial charge in [-0.25, -0.2) is 0 Å². The Morgan fingerprint density at radius 3 is 2.05 bits per heavy atom. The summed E-state index contributed by atoms with van der Waals surface area (Å²) >= 11 is 6.05. The molecule has 55 heavy (non-hydrogen) atoms. The molecule has 2 atom stereocenters. The maximum atomic E-state index is 12.7. The van der Waals surface area contributed by atoms with Crippen molar-refractivity contribution in [2.24, 2.45) is 5.16 Å². The molecule has 6 N–H and O–H groups in total. The lowest BCUT2D eigenvalue weighted by Gasteiger charge is -2.28. The van der Waals surface area contributed by atoms with Crippen LogP contribution in [-0.2, 0) is 31.3 Å². The molecule has 0 saturated heterocycles. The summed E-state index contributed by atoms with van der Waals surface area (Å²) in [5, 5.41) is 50.5. The highest BCUT2D eigenvalue weighted by Crippen LogP contribution is 2.43. The lowest BCUT2D eigenvalue weighted by Crippen LogP contribution is -2.38. The van der Waals surface area contributed by atoms with Crippen LogP contribution in [0.4, 0.5) is 5.69 Å². The number of anilines is 1. The van der Waals surface area contributed by atoms with Crippen LogP contribution >= 0.6 is 11.6 Å². The van der Waals surface area contributed by atoms with Crippen LogP contribution in [0.1, 0.15) is 93.7 Å². The largest absolute Gasteiger partial charge is 0.493 e. The molecule has 0 bridgehead atoms. The summed E-state index contributed by atoms with van der Waals surface area (Å²) in [7, 11) is 3.13. The number of aliphatic hydroxyl groups excluding tert-OH is 4. The normalized spacial score (nSPS) is 16.1. The molecule has 2 heterocycles. The zero-order valence-electron chi connectivity index (χ0n) is 30.8. The molecule has 0 fully saturated rings. The molecule has 2 aliphatic heterocycles. The first-order valence-corrected chi connectivity index (χ1v) is 18.5. The van der Waals surface area contributed by atoms with E-state index in [1.807, 2.05) is 30.3 Å². The fourth-order valence-corrected chi connectivity index (χ4v) is 6.93. The molecule has 14 heteroatoms. The van der Waals surface area contributed by atoms with Crippen LogP contribution in [0.15, 0.2) is 65.8 Å². The summed E-state index contributed by atoms with van der Waals surface area (Å²) in [6.07, 6.45) is 2.97. The van der Waals surface area contributed by atoms with Crippen molar-refractivity contribution in [3.8, 4) is 23.0 Å². The van der Waals surface area contributed by atoms with Crippen molar-refractivity contribution in [3.05, 3.63) is 110 Å². The van der Waals surface area contributed by atoms with Crippen LogP contribution in [-0.4, -0.2) is 59.5 Å². The van der Waals surface area contributed by atoms with Gasteiger partial charge in [-0.15, -0.1) is 0 Å². The average Bonchev–Trinajstić information content (AvgIpc) is 3.72. The van der Waals surface area contributed by atoms with Crippen LogP contribution in [0.25, 0.3) is 0 Å². The first-order chi connectivity index (χ1) is 26.8. The summed E-state index contributed by atoms with van der Waals surface area (Å²) in [4.78, 5) is 18.5. The third-order valence-electron chi connectivity index (χ3n) is 9.72. The molecular formula is C41H46ClN3O10. The third kappa shape index (κ3) is 9.09. The summed E-state index contributed by atoms with van der Waals surface area (Å²) in [5.41, 5.74) is 6.28. The number of hydrogen-bond donors (Lipinski definition) is 6. The van der Waals surface area contributed by atoms with Gasteiger partial charge < -0.3 is 54.8 Å². The van der Waals surface area contributed by atoms with Crippen molar-refractivity contribution in [1.82, 2.24) is 5.32 Å². The number of ether oxygens (including phenoxy) is 4. The number of nitrogens with one attached hydrogen (secondary N) is 2. The minimum absolute atomic E-state index is 0.206. The van der Waals surface area contributed by atoms with Gasteiger partial charge in [0.15, 0.2) is 17.6 Å². The topological polar surface area (TPSA) is 181 Å². The van der Waals surface area contributed by atoms with E-state index in [4.69, 9.17) is 35.4 Å². The fourth-order valence-electron chi connectivity index (χ4n) is 6.76. The second-order valence-corrected chi connectivity index (χ2v) is 13.7. The first-order valence-electron chi connectivity index (χ1n) is 18.1. The highest BCUT2D eigenvalue weighted by atomic mass is 35.5. The van der Waals surface area contributed by atoms with Gasteiger partial charge in [0.05, 0.1) is 65.1 Å². The van der Waals surface area contributed by atoms with Crippen molar-refractivity contribution in [3.63, 3.8) is 0 Å². The van der Waals surface area contributed by atoms with Crippen LogP contribution in [0.2, 0.25) is 5.02 Å². The molecule has 13 nitrogen and oxygen atoms in total. The number of methoxy groups -OCH3 is 2. The molecule has 2 aliphatic rings. The van der Waals surface area contributed by atoms with E-state index in [-0.39, 0.29) is 32.3 Å². The number of hydrogen-bond acceptors (Lipinski definition) is 12. The fraction of sp³-hybridized carbons (Fsp3) is 0.366. The zero-order valence-corrected chi connectivity index (χ0v) is 31.5. The summed E-state index contributed by atoms with van der Waals surface area (Å²) in [6.45, 7) is -0.126. The van der Waals surface area contributed by atoms with Crippen molar-refractivity contribution in [2.75, 3.05) is 32.8 Å². The quantitative estimate of drug-likeness (QED) is 0.0647. The highest BCUT2D eigenvalue weighted by Gasteiger charge is 2.28. The summed E-state index contributed by atoms with van der Waals surface area (Å²) < 4.78 is 23.5. The number of halogens is 1. The van der Waals surface area contributed by atoms with E-state index in [2.05, 4.69) is 15.8 Å². The van der Waals surface area contributed by atoms with E-state index in [9.17, 15) is 25.2 Å². The van der Waals surface area contributed by atoms with Gasteiger partial charge in [-0.3, -0.25) is 4.79 Å². The van der Waals surface area contributed by atoms with E-state index in [1.54, 1.807) is 44.6 Å². The van der Waals surface area contributed by atoms with Gasteiger partial charge in [0.2, 0.25) is 5.75 Å². The number of carbonyl (C=O) groups excluding carboxylic acids is 1. The number of nitrogens with zero attached hydrogens (tertiary/aromatic N) is 1. The van der Waals surface area contributed by atoms with Gasteiger partial charge >= 0.3 is 0 Å². The van der Waals surface area contributed by atoms with Crippen LogP contribution in [0, 0.1) is 0 Å². The molecule has 6 rings (SSSR count). The van der Waals surface area contributed by atoms with Crippen LogP contribution in [0.3, 0.4) is 0 Å². The number of benzene rings is 4. The molecule has 4 aromatic rings. The number of aliphatic hydroxyl groups is 4. The monoisotopic (exact) mass is 775 g/mol. The minimum Gasteiger partial charge on any atom is -0.493 e. The smallest absolute Gasteiger partial charge is 0.255 e. The molecule has 0 radical (unpaired) electrons. The number of amides is 1. The molecule has 4 aromatic carbocycles. The maximum Gasteiger partial charge on any atom is 0.255 e. The van der Waals surface area contributed by atoms with Crippen molar-refractivity contribution in [2.45, 2.75) is 70.8 Å². The van der Waals surface area contributed by atoms with E-state index >= 15 is 0 Å². The number of rotatable bonds is 18. The highest BCUT2D eigenvalue weighted by molar-refractivity contribution is 6.31. The van der Waals surface area contributed by atoms with Crippen molar-refractivity contribution < 1.29 is 49.0 Å². The standard InChI is InChI=1S/C41H46ClN3O10/c1-51-37-16-26(36-19-34(45-55-36)25-14-27(20-46)32(23-49)28(15-25)21-47)17-38(52-2)39(37)54-12-6-4-3-5-11-53-35-10-7-24(13-29(35)22-48)40-43-33-9-8-30(42)18-31(33)41(50)44-40/h7-10,13-18,36,40,43,46-49H,3-6,11-12,19-23H2,1-2H3,(H,44,50). The SMILES string of the molecule is COc1cc(C2CC(c3cc(CO)c(CO)c(CO)c3)=NO2)cc(OC)c1OCCCCCCOc1ccc(C2NC(=O)c3cc(Cl)ccc3N2)cc1CO. The molecule has 2 unspecified atom stereocenters. The molecule has 0 saturated carbocycles. The number of unbranched alkanes of at least 4 members (excludes halogenated alkanes) is 3. The van der Waals surface area contributed by atoms with Gasteiger partial charge in [-0.05, 0) is 103 Å². The molecular weight excluding hydrogens is 730 g/mol. The Balaban J connectivity index is 0.966. The Hall–Kier alpha value is -5.05. The Bertz CT molecular complexity index is 1970. The number of carbonyl (C=O) groups is 1. The van der Waals surface area contributed by atoms with E-state index in [1.165, 1.54) is 0 Å². The van der Waals surface area contributed by atoms with Crippen molar-refractivity contribution >= 4 is 28.9 Å². The van der Waals surface area contributed by atoms with E-state index in [0.29, 0.717) is 92.4 Å².